The first kappa shape index (κ1) is 20.6. The summed E-state index contributed by atoms with van der Waals surface area (Å²) >= 11 is 0. The van der Waals surface area contributed by atoms with Crippen molar-refractivity contribution in [3.63, 3.8) is 0 Å². The van der Waals surface area contributed by atoms with Gasteiger partial charge >= 0.3 is 0 Å². The minimum atomic E-state index is 0.142. The highest BCUT2D eigenvalue weighted by Crippen LogP contribution is 2.43. The van der Waals surface area contributed by atoms with E-state index in [2.05, 4.69) is 20.0 Å². The van der Waals surface area contributed by atoms with Crippen LogP contribution in [0.4, 0.5) is 0 Å². The Morgan fingerprint density at radius 3 is 2.59 bits per heavy atom. The van der Waals surface area contributed by atoms with Crippen molar-refractivity contribution in [3.05, 3.63) is 0 Å². The van der Waals surface area contributed by atoms with Gasteiger partial charge in [-0.2, -0.15) is 0 Å². The summed E-state index contributed by atoms with van der Waals surface area (Å²) in [5.41, 5.74) is 0. The molecule has 0 bridgehead atoms. The number of carbonyl (C=O) groups excluding carboxylic acids is 2. The van der Waals surface area contributed by atoms with E-state index in [-0.39, 0.29) is 11.8 Å². The largest absolute Gasteiger partial charge is 0.355 e. The molecule has 6 nitrogen and oxygen atoms in total. The van der Waals surface area contributed by atoms with Crippen LogP contribution in [0.5, 0.6) is 0 Å². The second-order valence-electron chi connectivity index (χ2n) is 9.02. The monoisotopic (exact) mass is 378 g/mol. The van der Waals surface area contributed by atoms with Crippen LogP contribution in [0.25, 0.3) is 0 Å². The zero-order chi connectivity index (χ0) is 19.4. The number of nitrogens with one attached hydrogen (secondary N) is 1. The van der Waals surface area contributed by atoms with Crippen LogP contribution in [0, 0.1) is 11.8 Å². The molecule has 3 saturated heterocycles. The molecule has 0 aliphatic carbocycles. The summed E-state index contributed by atoms with van der Waals surface area (Å²) in [6, 6.07) is 0.987. The maximum Gasteiger partial charge on any atom is 0.220 e. The summed E-state index contributed by atoms with van der Waals surface area (Å²) in [6.07, 6.45) is 7.43. The molecule has 0 saturated carbocycles. The van der Waals surface area contributed by atoms with Crippen LogP contribution in [0.3, 0.4) is 0 Å². The Bertz CT molecular complexity index is 522. The van der Waals surface area contributed by atoms with Gasteiger partial charge in [0.05, 0.1) is 0 Å². The van der Waals surface area contributed by atoms with E-state index in [0.29, 0.717) is 36.9 Å². The van der Waals surface area contributed by atoms with E-state index >= 15 is 0 Å². The zero-order valence-corrected chi connectivity index (χ0v) is 17.5. The van der Waals surface area contributed by atoms with Gasteiger partial charge in [-0.3, -0.25) is 14.5 Å². The summed E-state index contributed by atoms with van der Waals surface area (Å²) < 4.78 is 0. The summed E-state index contributed by atoms with van der Waals surface area (Å²) in [5, 5.41) is 3.01. The molecule has 6 heteroatoms. The number of hydrogen-bond acceptors (Lipinski definition) is 4. The smallest absolute Gasteiger partial charge is 0.220 e. The molecular weight excluding hydrogens is 340 g/mol. The molecule has 0 unspecified atom stereocenters. The zero-order valence-electron chi connectivity index (χ0n) is 17.5. The van der Waals surface area contributed by atoms with Crippen molar-refractivity contribution < 1.29 is 9.59 Å². The van der Waals surface area contributed by atoms with Gasteiger partial charge in [0.15, 0.2) is 0 Å². The van der Waals surface area contributed by atoms with E-state index in [4.69, 9.17) is 0 Å². The number of likely N-dealkylation sites (N-methyl/N-ethyl adjacent to an activating group) is 1. The second-order valence-corrected chi connectivity index (χ2v) is 9.02. The lowest BCUT2D eigenvalue weighted by molar-refractivity contribution is -0.144. The first-order valence-electron chi connectivity index (χ1n) is 10.9. The number of carbonyl (C=O) groups is 2. The van der Waals surface area contributed by atoms with Gasteiger partial charge in [-0.05, 0) is 77.5 Å². The number of amides is 2. The van der Waals surface area contributed by atoms with Crippen molar-refractivity contribution >= 4 is 11.8 Å². The van der Waals surface area contributed by atoms with Gasteiger partial charge in [0.1, 0.15) is 0 Å². The number of hydrogen-bond donors (Lipinski definition) is 1. The maximum atomic E-state index is 12.4. The number of rotatable bonds is 7. The molecule has 154 valence electrons. The minimum absolute atomic E-state index is 0.142. The Balaban J connectivity index is 1.56. The highest BCUT2D eigenvalue weighted by molar-refractivity contribution is 5.76. The molecule has 3 aliphatic heterocycles. The molecule has 1 N–H and O–H groups in total. The van der Waals surface area contributed by atoms with Crippen LogP contribution in [0.15, 0.2) is 0 Å². The molecule has 3 heterocycles. The maximum absolute atomic E-state index is 12.4. The minimum Gasteiger partial charge on any atom is -0.355 e. The van der Waals surface area contributed by atoms with Crippen LogP contribution in [-0.2, 0) is 9.59 Å². The van der Waals surface area contributed by atoms with Crippen LogP contribution in [0.2, 0.25) is 0 Å². The molecule has 3 rings (SSSR count). The third kappa shape index (κ3) is 5.02. The van der Waals surface area contributed by atoms with Gasteiger partial charge < -0.3 is 15.1 Å². The molecule has 0 radical (unpaired) electrons. The van der Waals surface area contributed by atoms with E-state index < -0.39 is 0 Å². The second kappa shape index (κ2) is 9.37. The van der Waals surface area contributed by atoms with Crippen molar-refractivity contribution in [3.8, 4) is 0 Å². The molecule has 3 aliphatic rings. The highest BCUT2D eigenvalue weighted by Gasteiger charge is 2.48. The molecule has 0 aromatic heterocycles. The van der Waals surface area contributed by atoms with Crippen LogP contribution in [-0.4, -0.2) is 85.4 Å². The lowest BCUT2D eigenvalue weighted by Gasteiger charge is -2.57. The summed E-state index contributed by atoms with van der Waals surface area (Å²) in [5.74, 6) is 1.61. The summed E-state index contributed by atoms with van der Waals surface area (Å²) in [6.45, 7) is 6.69. The normalized spacial score (nSPS) is 30.9. The lowest BCUT2D eigenvalue weighted by Crippen LogP contribution is -2.65. The average molecular weight is 379 g/mol. The van der Waals surface area contributed by atoms with E-state index in [1.807, 2.05) is 14.1 Å². The summed E-state index contributed by atoms with van der Waals surface area (Å²) in [7, 11) is 4.02. The average Bonchev–Trinajstić information content (AvgIpc) is 2.63. The Labute approximate surface area is 164 Å². The molecule has 0 spiro atoms. The van der Waals surface area contributed by atoms with Gasteiger partial charge in [0.25, 0.3) is 0 Å². The van der Waals surface area contributed by atoms with Gasteiger partial charge in [0, 0.05) is 45.1 Å². The van der Waals surface area contributed by atoms with Gasteiger partial charge in [-0.1, -0.05) is 0 Å². The fourth-order valence-electron chi connectivity index (χ4n) is 5.71. The molecule has 0 aromatic rings. The van der Waals surface area contributed by atoms with E-state index in [1.54, 1.807) is 6.92 Å². The van der Waals surface area contributed by atoms with Crippen molar-refractivity contribution in [2.75, 3.05) is 46.8 Å². The standard InChI is InChI=1S/C21H38N4O2/c1-16(26)25-15-17-7-5-12-24-13-6-8-18(21(17)24)19(25)9-4-10-20(27)22-11-14-23(2)3/h17-19,21H,4-15H2,1-3H3,(H,22,27)/t17-,18+,19+,21-/m0/s1. The van der Waals surface area contributed by atoms with E-state index in [9.17, 15) is 9.59 Å². The van der Waals surface area contributed by atoms with Crippen molar-refractivity contribution in [1.29, 1.82) is 0 Å². The predicted octanol–water partition coefficient (Wildman–Crippen LogP) is 1.56. The number of likely N-dealkylation sites (tertiary alicyclic amines) is 1. The van der Waals surface area contributed by atoms with E-state index in [1.165, 1.54) is 38.8 Å². The molecule has 3 fully saturated rings. The van der Waals surface area contributed by atoms with Crippen molar-refractivity contribution in [2.45, 2.75) is 64.0 Å². The topological polar surface area (TPSA) is 55.9 Å². The SMILES string of the molecule is CC(=O)N1C[C@@H]2CCCN3CCC[C@@H]([C@H]23)[C@H]1CCCC(=O)NCCN(C)C. The number of nitrogens with zero attached hydrogens (tertiary/aromatic N) is 3. The number of piperidine rings is 3. The van der Waals surface area contributed by atoms with E-state index in [0.717, 1.165) is 25.9 Å². The molecule has 2 amide bonds. The highest BCUT2D eigenvalue weighted by atomic mass is 16.2. The van der Waals surface area contributed by atoms with Gasteiger partial charge in [-0.25, -0.2) is 0 Å². The van der Waals surface area contributed by atoms with Crippen molar-refractivity contribution in [2.24, 2.45) is 11.8 Å². The predicted molar refractivity (Wildman–Crippen MR) is 107 cm³/mol. The molecule has 27 heavy (non-hydrogen) atoms. The third-order valence-corrected chi connectivity index (χ3v) is 6.86. The fraction of sp³-hybridized carbons (Fsp3) is 0.905. The van der Waals surface area contributed by atoms with Crippen molar-refractivity contribution in [1.82, 2.24) is 20.0 Å². The Kier molecular flexibility index (Phi) is 7.15. The Morgan fingerprint density at radius 1 is 1.15 bits per heavy atom. The van der Waals surface area contributed by atoms with Gasteiger partial charge in [0.2, 0.25) is 11.8 Å². The Hall–Kier alpha value is -1.14. The first-order valence-corrected chi connectivity index (χ1v) is 10.9. The Morgan fingerprint density at radius 2 is 1.89 bits per heavy atom. The summed E-state index contributed by atoms with van der Waals surface area (Å²) in [4.78, 5) is 31.4. The fourth-order valence-corrected chi connectivity index (χ4v) is 5.71. The lowest BCUT2D eigenvalue weighted by atomic mass is 9.69. The first-order chi connectivity index (χ1) is 13.0. The molecule has 0 aromatic carbocycles. The van der Waals surface area contributed by atoms with Crippen LogP contribution in [0.1, 0.15) is 51.9 Å². The van der Waals surface area contributed by atoms with Crippen LogP contribution >= 0.6 is 0 Å². The van der Waals surface area contributed by atoms with Gasteiger partial charge in [-0.15, -0.1) is 0 Å². The molecule has 4 atom stereocenters. The quantitative estimate of drug-likeness (QED) is 0.730. The third-order valence-electron chi connectivity index (χ3n) is 6.86. The molecular formula is C21H38N4O2. The van der Waals surface area contributed by atoms with Crippen LogP contribution < -0.4 is 5.32 Å².